The lowest BCUT2D eigenvalue weighted by Crippen LogP contribution is -2.20. The van der Waals surface area contributed by atoms with Gasteiger partial charge in [-0.15, -0.1) is 11.3 Å². The molecular formula is C15H16N4OS. The number of amides is 1. The van der Waals surface area contributed by atoms with Crippen molar-refractivity contribution in [3.63, 3.8) is 0 Å². The van der Waals surface area contributed by atoms with E-state index in [1.54, 1.807) is 29.8 Å². The molecule has 0 radical (unpaired) electrons. The molecule has 21 heavy (non-hydrogen) atoms. The number of nitrogens with zero attached hydrogens (tertiary/aromatic N) is 3. The quantitative estimate of drug-likeness (QED) is 0.882. The lowest BCUT2D eigenvalue weighted by atomic mass is 10.4. The highest BCUT2D eigenvalue weighted by Gasteiger charge is 2.14. The first kappa shape index (κ1) is 13.8. The Kier molecular flexibility index (Phi) is 4.25. The van der Waals surface area contributed by atoms with Crippen LogP contribution in [0.1, 0.15) is 17.7 Å². The summed E-state index contributed by atoms with van der Waals surface area (Å²) in [5, 5.41) is 4.73. The van der Waals surface area contributed by atoms with E-state index in [4.69, 9.17) is 0 Å². The molecule has 1 saturated heterocycles. The molecule has 6 heteroatoms. The van der Waals surface area contributed by atoms with Crippen molar-refractivity contribution in [2.24, 2.45) is 0 Å². The fourth-order valence-electron chi connectivity index (χ4n) is 2.19. The van der Waals surface area contributed by atoms with Gasteiger partial charge in [-0.3, -0.25) is 4.79 Å². The maximum absolute atomic E-state index is 11.8. The first-order valence-electron chi connectivity index (χ1n) is 6.91. The first-order chi connectivity index (χ1) is 10.3. The van der Waals surface area contributed by atoms with Crippen molar-refractivity contribution in [2.75, 3.05) is 23.3 Å². The summed E-state index contributed by atoms with van der Waals surface area (Å²) in [7, 11) is 0. The predicted molar refractivity (Wildman–Crippen MR) is 85.5 cm³/mol. The maximum atomic E-state index is 11.8. The first-order valence-corrected chi connectivity index (χ1v) is 7.79. The molecule has 0 spiro atoms. The lowest BCUT2D eigenvalue weighted by molar-refractivity contribution is -0.111. The largest absolute Gasteiger partial charge is 0.341 e. The van der Waals surface area contributed by atoms with Gasteiger partial charge < -0.3 is 10.2 Å². The predicted octanol–water partition coefficient (Wildman–Crippen LogP) is 2.79. The Hall–Kier alpha value is -2.21. The number of anilines is 2. The number of hydrogen-bond acceptors (Lipinski definition) is 5. The zero-order valence-electron chi connectivity index (χ0n) is 11.5. The number of hydrogen-bond donors (Lipinski definition) is 1. The molecule has 3 rings (SSSR count). The van der Waals surface area contributed by atoms with Crippen LogP contribution in [0.15, 0.2) is 36.0 Å². The van der Waals surface area contributed by atoms with Gasteiger partial charge in [0, 0.05) is 24.0 Å². The van der Waals surface area contributed by atoms with Crippen LogP contribution in [0.3, 0.4) is 0 Å². The van der Waals surface area contributed by atoms with Gasteiger partial charge in [-0.25, -0.2) is 9.97 Å². The molecule has 1 amide bonds. The maximum Gasteiger partial charge on any atom is 0.248 e. The van der Waals surface area contributed by atoms with E-state index in [9.17, 15) is 4.79 Å². The molecule has 0 aliphatic carbocycles. The SMILES string of the molecule is O=C(/C=C/c1cccs1)Nc1cnc(N2CCCC2)nc1. The van der Waals surface area contributed by atoms with Gasteiger partial charge in [0.2, 0.25) is 11.9 Å². The van der Waals surface area contributed by atoms with Crippen molar-refractivity contribution in [1.82, 2.24) is 9.97 Å². The summed E-state index contributed by atoms with van der Waals surface area (Å²) in [6.45, 7) is 2.02. The minimum absolute atomic E-state index is 0.180. The van der Waals surface area contributed by atoms with Gasteiger partial charge in [-0.2, -0.15) is 0 Å². The monoisotopic (exact) mass is 300 g/mol. The molecule has 108 valence electrons. The molecule has 0 atom stereocenters. The Bertz CT molecular complexity index is 616. The van der Waals surface area contributed by atoms with E-state index in [1.807, 2.05) is 17.5 Å². The fourth-order valence-corrected chi connectivity index (χ4v) is 2.81. The Morgan fingerprint density at radius 1 is 1.29 bits per heavy atom. The average Bonchev–Trinajstić information content (AvgIpc) is 3.19. The summed E-state index contributed by atoms with van der Waals surface area (Å²) in [6.07, 6.45) is 8.99. The van der Waals surface area contributed by atoms with Gasteiger partial charge in [0.05, 0.1) is 18.1 Å². The zero-order chi connectivity index (χ0) is 14.5. The highest BCUT2D eigenvalue weighted by molar-refractivity contribution is 7.10. The molecule has 5 nitrogen and oxygen atoms in total. The minimum atomic E-state index is -0.180. The van der Waals surface area contributed by atoms with Gasteiger partial charge in [-0.05, 0) is 30.4 Å². The van der Waals surface area contributed by atoms with E-state index >= 15 is 0 Å². The molecule has 0 bridgehead atoms. The van der Waals surface area contributed by atoms with Gasteiger partial charge >= 0.3 is 0 Å². The van der Waals surface area contributed by atoms with E-state index in [1.165, 1.54) is 18.9 Å². The van der Waals surface area contributed by atoms with Crippen LogP contribution in [0.4, 0.5) is 11.6 Å². The molecular weight excluding hydrogens is 284 g/mol. The van der Waals surface area contributed by atoms with E-state index in [2.05, 4.69) is 20.2 Å². The second kappa shape index (κ2) is 6.49. The number of carbonyl (C=O) groups is 1. The number of thiophene rings is 1. The molecule has 1 aliphatic heterocycles. The van der Waals surface area contributed by atoms with E-state index in [0.29, 0.717) is 5.69 Å². The van der Waals surface area contributed by atoms with Crippen LogP contribution in [-0.2, 0) is 4.79 Å². The van der Waals surface area contributed by atoms with Crippen molar-refractivity contribution in [3.8, 4) is 0 Å². The van der Waals surface area contributed by atoms with Crippen molar-refractivity contribution >= 4 is 35.0 Å². The van der Waals surface area contributed by atoms with Gasteiger partial charge in [-0.1, -0.05) is 6.07 Å². The van der Waals surface area contributed by atoms with Crippen molar-refractivity contribution in [3.05, 3.63) is 40.9 Å². The number of rotatable bonds is 4. The normalized spacial score (nSPS) is 14.8. The Balaban J connectivity index is 1.58. The second-order valence-corrected chi connectivity index (χ2v) is 5.78. The molecule has 2 aromatic rings. The Morgan fingerprint density at radius 3 is 2.71 bits per heavy atom. The molecule has 1 fully saturated rings. The highest BCUT2D eigenvalue weighted by Crippen LogP contribution is 2.16. The van der Waals surface area contributed by atoms with Crippen LogP contribution in [0.2, 0.25) is 0 Å². The number of carbonyl (C=O) groups excluding carboxylic acids is 1. The second-order valence-electron chi connectivity index (χ2n) is 4.80. The van der Waals surface area contributed by atoms with Crippen LogP contribution in [0.5, 0.6) is 0 Å². The number of nitrogens with one attached hydrogen (secondary N) is 1. The van der Waals surface area contributed by atoms with Crippen LogP contribution in [0.25, 0.3) is 6.08 Å². The minimum Gasteiger partial charge on any atom is -0.341 e. The Labute approximate surface area is 127 Å². The molecule has 3 heterocycles. The highest BCUT2D eigenvalue weighted by atomic mass is 32.1. The summed E-state index contributed by atoms with van der Waals surface area (Å²) in [5.74, 6) is 0.556. The van der Waals surface area contributed by atoms with Crippen molar-refractivity contribution in [1.29, 1.82) is 0 Å². The molecule has 1 N–H and O–H groups in total. The van der Waals surface area contributed by atoms with Crippen LogP contribution >= 0.6 is 11.3 Å². The molecule has 1 aliphatic rings. The van der Waals surface area contributed by atoms with Crippen molar-refractivity contribution in [2.45, 2.75) is 12.8 Å². The van der Waals surface area contributed by atoms with E-state index in [-0.39, 0.29) is 5.91 Å². The lowest BCUT2D eigenvalue weighted by Gasteiger charge is -2.14. The Morgan fingerprint density at radius 2 is 2.05 bits per heavy atom. The summed E-state index contributed by atoms with van der Waals surface area (Å²) in [5.41, 5.74) is 0.610. The van der Waals surface area contributed by atoms with Crippen molar-refractivity contribution < 1.29 is 4.79 Å². The standard InChI is InChI=1S/C15H16N4OS/c20-14(6-5-13-4-3-9-21-13)18-12-10-16-15(17-11-12)19-7-1-2-8-19/h3-6,9-11H,1-2,7-8H2,(H,18,20)/b6-5+. The summed E-state index contributed by atoms with van der Waals surface area (Å²) >= 11 is 1.59. The smallest absolute Gasteiger partial charge is 0.248 e. The molecule has 2 aromatic heterocycles. The third-order valence-corrected chi connectivity index (χ3v) is 4.07. The summed E-state index contributed by atoms with van der Waals surface area (Å²) in [6, 6.07) is 3.91. The zero-order valence-corrected chi connectivity index (χ0v) is 12.3. The molecule has 0 aromatic carbocycles. The number of aromatic nitrogens is 2. The van der Waals surface area contributed by atoms with Crippen LogP contribution in [-0.4, -0.2) is 29.0 Å². The van der Waals surface area contributed by atoms with E-state index < -0.39 is 0 Å². The fraction of sp³-hybridized carbons (Fsp3) is 0.267. The van der Waals surface area contributed by atoms with Crippen LogP contribution in [0, 0.1) is 0 Å². The van der Waals surface area contributed by atoms with E-state index in [0.717, 1.165) is 23.9 Å². The summed E-state index contributed by atoms with van der Waals surface area (Å²) < 4.78 is 0. The molecule has 0 saturated carbocycles. The summed E-state index contributed by atoms with van der Waals surface area (Å²) in [4.78, 5) is 23.6. The topological polar surface area (TPSA) is 58.1 Å². The third-order valence-electron chi connectivity index (χ3n) is 3.24. The van der Waals surface area contributed by atoms with Gasteiger partial charge in [0.25, 0.3) is 0 Å². The van der Waals surface area contributed by atoms with Gasteiger partial charge in [0.1, 0.15) is 0 Å². The molecule has 0 unspecified atom stereocenters. The van der Waals surface area contributed by atoms with Gasteiger partial charge in [0.15, 0.2) is 0 Å². The third kappa shape index (κ3) is 3.66. The van der Waals surface area contributed by atoms with Crippen LogP contribution < -0.4 is 10.2 Å². The average molecular weight is 300 g/mol.